The van der Waals surface area contributed by atoms with Crippen LogP contribution in [-0.4, -0.2) is 60.2 Å². The highest BCUT2D eigenvalue weighted by Crippen LogP contribution is 2.08. The van der Waals surface area contributed by atoms with Crippen LogP contribution in [-0.2, 0) is 4.74 Å². The van der Waals surface area contributed by atoms with Gasteiger partial charge in [0.15, 0.2) is 5.96 Å². The normalized spacial score (nSPS) is 17.2. The van der Waals surface area contributed by atoms with Gasteiger partial charge in [0.05, 0.1) is 6.54 Å². The Labute approximate surface area is 119 Å². The van der Waals surface area contributed by atoms with Gasteiger partial charge in [-0.15, -0.1) is 0 Å². The number of alkyl carbamates (subject to hydrolysis) is 1. The second-order valence-electron chi connectivity index (χ2n) is 5.27. The smallest absolute Gasteiger partial charge is 0.407 e. The zero-order valence-electron chi connectivity index (χ0n) is 11.9. The maximum atomic E-state index is 11.4. The third-order valence-electron chi connectivity index (χ3n) is 2.39. The van der Waals surface area contributed by atoms with E-state index in [1.807, 2.05) is 32.5 Å². The molecule has 1 amide bonds. The number of carbonyl (C=O) groups is 1. The third-order valence-corrected chi connectivity index (χ3v) is 3.33. The first-order chi connectivity index (χ1) is 8.88. The van der Waals surface area contributed by atoms with Crippen LogP contribution in [0.1, 0.15) is 20.8 Å². The molecule has 7 heteroatoms. The van der Waals surface area contributed by atoms with Gasteiger partial charge in [0.1, 0.15) is 5.60 Å². The van der Waals surface area contributed by atoms with E-state index in [4.69, 9.17) is 10.5 Å². The van der Waals surface area contributed by atoms with Gasteiger partial charge in [-0.1, -0.05) is 0 Å². The number of amides is 1. The number of aliphatic imine (C=N–C) groups is 1. The molecule has 1 heterocycles. The number of nitrogens with zero attached hydrogens (tertiary/aromatic N) is 2. The fourth-order valence-corrected chi connectivity index (χ4v) is 2.44. The topological polar surface area (TPSA) is 79.9 Å². The van der Waals surface area contributed by atoms with Crippen LogP contribution in [0.5, 0.6) is 0 Å². The Morgan fingerprint density at radius 3 is 2.63 bits per heavy atom. The van der Waals surface area contributed by atoms with E-state index in [1.165, 1.54) is 0 Å². The first-order valence-electron chi connectivity index (χ1n) is 6.48. The number of ether oxygens (including phenoxy) is 1. The van der Waals surface area contributed by atoms with Crippen LogP contribution in [0.2, 0.25) is 0 Å². The quantitative estimate of drug-likeness (QED) is 0.458. The van der Waals surface area contributed by atoms with E-state index in [2.05, 4.69) is 15.2 Å². The van der Waals surface area contributed by atoms with Gasteiger partial charge in [-0.2, -0.15) is 11.8 Å². The fraction of sp³-hybridized carbons (Fsp3) is 0.833. The lowest BCUT2D eigenvalue weighted by Gasteiger charge is -2.27. The molecule has 1 fully saturated rings. The summed E-state index contributed by atoms with van der Waals surface area (Å²) >= 11 is 1.93. The average molecular weight is 288 g/mol. The molecule has 0 aromatic heterocycles. The second kappa shape index (κ2) is 7.47. The maximum Gasteiger partial charge on any atom is 0.407 e. The largest absolute Gasteiger partial charge is 0.444 e. The van der Waals surface area contributed by atoms with Gasteiger partial charge < -0.3 is 20.7 Å². The van der Waals surface area contributed by atoms with Crippen LogP contribution < -0.4 is 11.1 Å². The monoisotopic (exact) mass is 288 g/mol. The zero-order chi connectivity index (χ0) is 14.3. The van der Waals surface area contributed by atoms with E-state index in [9.17, 15) is 4.79 Å². The lowest BCUT2D eigenvalue weighted by molar-refractivity contribution is 0.0529. The van der Waals surface area contributed by atoms with Gasteiger partial charge in [-0.25, -0.2) is 4.79 Å². The van der Waals surface area contributed by atoms with Gasteiger partial charge in [0, 0.05) is 31.1 Å². The van der Waals surface area contributed by atoms with Crippen molar-refractivity contribution in [1.82, 2.24) is 10.2 Å². The standard InChI is InChI=1S/C12H24N4O2S/c1-12(2,3)18-11(17)15-5-4-14-10(13)16-6-8-19-9-7-16/h4-9H2,1-3H3,(H2,13,14)(H,15,17). The highest BCUT2D eigenvalue weighted by Gasteiger charge is 2.15. The van der Waals surface area contributed by atoms with Crippen molar-refractivity contribution < 1.29 is 9.53 Å². The Hall–Kier alpha value is -1.11. The number of hydrogen-bond donors (Lipinski definition) is 2. The molecule has 0 spiro atoms. The first-order valence-corrected chi connectivity index (χ1v) is 7.63. The van der Waals surface area contributed by atoms with Crippen LogP contribution in [0.15, 0.2) is 4.99 Å². The van der Waals surface area contributed by atoms with Crippen LogP contribution in [0.3, 0.4) is 0 Å². The molecular weight excluding hydrogens is 264 g/mol. The zero-order valence-corrected chi connectivity index (χ0v) is 12.8. The maximum absolute atomic E-state index is 11.4. The highest BCUT2D eigenvalue weighted by molar-refractivity contribution is 7.99. The number of guanidine groups is 1. The molecule has 1 aliphatic heterocycles. The minimum absolute atomic E-state index is 0.421. The molecule has 0 atom stereocenters. The Bertz CT molecular complexity index is 322. The molecule has 110 valence electrons. The van der Waals surface area contributed by atoms with Crippen LogP contribution in [0.25, 0.3) is 0 Å². The molecule has 1 aliphatic rings. The molecule has 6 nitrogen and oxygen atoms in total. The molecule has 0 aliphatic carbocycles. The summed E-state index contributed by atoms with van der Waals surface area (Å²) in [5, 5.41) is 2.65. The average Bonchev–Trinajstić information content (AvgIpc) is 2.33. The van der Waals surface area contributed by atoms with E-state index < -0.39 is 11.7 Å². The van der Waals surface area contributed by atoms with Crippen molar-refractivity contribution in [3.05, 3.63) is 0 Å². The van der Waals surface area contributed by atoms with Crippen molar-refractivity contribution in [2.45, 2.75) is 26.4 Å². The molecule has 0 aromatic rings. The Morgan fingerprint density at radius 1 is 1.42 bits per heavy atom. The van der Waals surface area contributed by atoms with E-state index in [-0.39, 0.29) is 0 Å². The predicted octanol–water partition coefficient (Wildman–Crippen LogP) is 0.875. The number of hydrogen-bond acceptors (Lipinski definition) is 4. The van der Waals surface area contributed by atoms with E-state index in [0.717, 1.165) is 24.6 Å². The molecule has 0 bridgehead atoms. The number of nitrogens with one attached hydrogen (secondary N) is 1. The van der Waals surface area contributed by atoms with Gasteiger partial charge in [-0.05, 0) is 20.8 Å². The fourth-order valence-electron chi connectivity index (χ4n) is 1.54. The van der Waals surface area contributed by atoms with Crippen molar-refractivity contribution in [3.63, 3.8) is 0 Å². The minimum Gasteiger partial charge on any atom is -0.444 e. The molecule has 1 rings (SSSR count). The molecular formula is C12H24N4O2S. The molecule has 0 radical (unpaired) electrons. The summed E-state index contributed by atoms with van der Waals surface area (Å²) in [4.78, 5) is 17.7. The summed E-state index contributed by atoms with van der Waals surface area (Å²) in [6.45, 7) is 8.27. The number of rotatable bonds is 3. The second-order valence-corrected chi connectivity index (χ2v) is 6.49. The molecule has 0 aromatic carbocycles. The lowest BCUT2D eigenvalue weighted by Crippen LogP contribution is -2.43. The van der Waals surface area contributed by atoms with Gasteiger partial charge in [0.2, 0.25) is 0 Å². The summed E-state index contributed by atoms with van der Waals surface area (Å²) in [6.07, 6.45) is -0.421. The summed E-state index contributed by atoms with van der Waals surface area (Å²) in [5.41, 5.74) is 5.42. The van der Waals surface area contributed by atoms with Crippen molar-refractivity contribution in [2.75, 3.05) is 37.7 Å². The van der Waals surface area contributed by atoms with E-state index >= 15 is 0 Å². The number of nitrogens with two attached hydrogens (primary N) is 1. The van der Waals surface area contributed by atoms with Crippen LogP contribution in [0.4, 0.5) is 4.79 Å². The summed E-state index contributed by atoms with van der Waals surface area (Å²) in [5.74, 6) is 2.74. The van der Waals surface area contributed by atoms with Crippen molar-refractivity contribution >= 4 is 23.8 Å². The van der Waals surface area contributed by atoms with Gasteiger partial charge in [-0.3, -0.25) is 4.99 Å². The Morgan fingerprint density at radius 2 is 2.05 bits per heavy atom. The summed E-state index contributed by atoms with van der Waals surface area (Å²) < 4.78 is 5.12. The van der Waals surface area contributed by atoms with Crippen LogP contribution >= 0.6 is 11.8 Å². The van der Waals surface area contributed by atoms with E-state index in [1.54, 1.807) is 0 Å². The molecule has 3 N–H and O–H groups in total. The van der Waals surface area contributed by atoms with Crippen molar-refractivity contribution in [2.24, 2.45) is 10.7 Å². The predicted molar refractivity (Wildman–Crippen MR) is 79.6 cm³/mol. The summed E-state index contributed by atoms with van der Waals surface area (Å²) in [6, 6.07) is 0. The molecule has 1 saturated heterocycles. The van der Waals surface area contributed by atoms with Gasteiger partial charge >= 0.3 is 6.09 Å². The minimum atomic E-state index is -0.474. The Balaban J connectivity index is 2.20. The third kappa shape index (κ3) is 7.15. The SMILES string of the molecule is CC(C)(C)OC(=O)NCCN=C(N)N1CCSCC1. The highest BCUT2D eigenvalue weighted by atomic mass is 32.2. The molecule has 19 heavy (non-hydrogen) atoms. The Kier molecular flexibility index (Phi) is 6.27. The van der Waals surface area contributed by atoms with E-state index in [0.29, 0.717) is 19.0 Å². The first kappa shape index (κ1) is 15.9. The van der Waals surface area contributed by atoms with Crippen LogP contribution in [0, 0.1) is 0 Å². The van der Waals surface area contributed by atoms with Crippen molar-refractivity contribution in [3.8, 4) is 0 Å². The molecule has 0 unspecified atom stereocenters. The summed E-state index contributed by atoms with van der Waals surface area (Å²) in [7, 11) is 0. The lowest BCUT2D eigenvalue weighted by atomic mass is 10.2. The van der Waals surface area contributed by atoms with Crippen molar-refractivity contribution in [1.29, 1.82) is 0 Å². The molecule has 0 saturated carbocycles. The number of thioether (sulfide) groups is 1. The van der Waals surface area contributed by atoms with Gasteiger partial charge in [0.25, 0.3) is 0 Å². The number of carbonyl (C=O) groups excluding carboxylic acids is 1.